The van der Waals surface area contributed by atoms with E-state index >= 15 is 0 Å². The predicted molar refractivity (Wildman–Crippen MR) is 116 cm³/mol. The Labute approximate surface area is 172 Å². The third-order valence-corrected chi connectivity index (χ3v) is 5.70. The minimum Gasteiger partial charge on any atom is -0.326 e. The molecule has 1 saturated heterocycles. The first-order chi connectivity index (χ1) is 14.0. The van der Waals surface area contributed by atoms with Gasteiger partial charge in [-0.3, -0.25) is 9.69 Å². The van der Waals surface area contributed by atoms with Crippen molar-refractivity contribution in [3.8, 4) is 0 Å². The van der Waals surface area contributed by atoms with Crippen LogP contribution in [-0.4, -0.2) is 29.9 Å². The summed E-state index contributed by atoms with van der Waals surface area (Å²) in [6.07, 6.45) is 2.88. The smallest absolute Gasteiger partial charge is 0.324 e. The summed E-state index contributed by atoms with van der Waals surface area (Å²) in [4.78, 5) is 28.9. The zero-order valence-electron chi connectivity index (χ0n) is 17.2. The summed E-state index contributed by atoms with van der Waals surface area (Å²) < 4.78 is 0. The van der Waals surface area contributed by atoms with Crippen LogP contribution in [0.1, 0.15) is 50.2 Å². The van der Waals surface area contributed by atoms with Gasteiger partial charge in [-0.25, -0.2) is 4.79 Å². The van der Waals surface area contributed by atoms with Gasteiger partial charge in [-0.05, 0) is 54.5 Å². The third kappa shape index (κ3) is 4.61. The first kappa shape index (κ1) is 19.5. The molecule has 2 aromatic rings. The summed E-state index contributed by atoms with van der Waals surface area (Å²) in [5, 5.41) is 2.97. The quantitative estimate of drug-likeness (QED) is 0.754. The molecule has 3 amide bonds. The molecule has 1 aliphatic heterocycles. The molecule has 0 bridgehead atoms. The van der Waals surface area contributed by atoms with Crippen LogP contribution in [-0.2, 0) is 11.3 Å². The van der Waals surface area contributed by atoms with E-state index in [1.807, 2.05) is 34.1 Å². The van der Waals surface area contributed by atoms with E-state index in [1.165, 1.54) is 5.56 Å². The van der Waals surface area contributed by atoms with Gasteiger partial charge in [0, 0.05) is 36.9 Å². The van der Waals surface area contributed by atoms with Gasteiger partial charge < -0.3 is 10.2 Å². The first-order valence-electron chi connectivity index (χ1n) is 10.6. The van der Waals surface area contributed by atoms with E-state index in [2.05, 4.69) is 43.4 Å². The van der Waals surface area contributed by atoms with Crippen molar-refractivity contribution in [3.05, 3.63) is 59.7 Å². The van der Waals surface area contributed by atoms with Crippen LogP contribution in [0.15, 0.2) is 48.5 Å². The molecule has 0 atom stereocenters. The molecule has 29 heavy (non-hydrogen) atoms. The maximum Gasteiger partial charge on any atom is 0.324 e. The lowest BCUT2D eigenvalue weighted by Crippen LogP contribution is -2.49. The Morgan fingerprint density at radius 3 is 2.55 bits per heavy atom. The van der Waals surface area contributed by atoms with Crippen LogP contribution in [0, 0.1) is 5.92 Å². The molecule has 2 aliphatic rings. The zero-order valence-corrected chi connectivity index (χ0v) is 17.2. The average Bonchev–Trinajstić information content (AvgIpc) is 3.56. The minimum atomic E-state index is 0.0230. The normalized spacial score (nSPS) is 17.0. The molecule has 0 aromatic heterocycles. The van der Waals surface area contributed by atoms with Crippen LogP contribution >= 0.6 is 0 Å². The second-order valence-corrected chi connectivity index (χ2v) is 8.42. The van der Waals surface area contributed by atoms with Gasteiger partial charge in [-0.2, -0.15) is 0 Å². The summed E-state index contributed by atoms with van der Waals surface area (Å²) in [6.45, 7) is 6.44. The summed E-state index contributed by atoms with van der Waals surface area (Å²) in [7, 11) is 0. The molecule has 0 radical (unpaired) electrons. The van der Waals surface area contributed by atoms with Gasteiger partial charge in [0.25, 0.3) is 0 Å². The number of amides is 3. The van der Waals surface area contributed by atoms with Gasteiger partial charge >= 0.3 is 6.03 Å². The van der Waals surface area contributed by atoms with E-state index in [9.17, 15) is 9.59 Å². The second-order valence-electron chi connectivity index (χ2n) is 8.42. The Balaban J connectivity index is 1.44. The Morgan fingerprint density at radius 2 is 1.86 bits per heavy atom. The molecular formula is C24H29N3O2. The molecule has 0 unspecified atom stereocenters. The molecule has 5 heteroatoms. The Hall–Kier alpha value is -2.82. The highest BCUT2D eigenvalue weighted by molar-refractivity contribution is 5.96. The van der Waals surface area contributed by atoms with Gasteiger partial charge in [0.1, 0.15) is 0 Å². The highest BCUT2D eigenvalue weighted by atomic mass is 16.2. The maximum atomic E-state index is 13.1. The third-order valence-electron chi connectivity index (χ3n) is 5.70. The fourth-order valence-corrected chi connectivity index (χ4v) is 3.74. The van der Waals surface area contributed by atoms with Gasteiger partial charge in [0.15, 0.2) is 0 Å². The highest BCUT2D eigenvalue weighted by Gasteiger charge is 2.30. The maximum absolute atomic E-state index is 13.1. The van der Waals surface area contributed by atoms with Gasteiger partial charge in [0.05, 0.1) is 0 Å². The zero-order chi connectivity index (χ0) is 20.4. The summed E-state index contributed by atoms with van der Waals surface area (Å²) in [5.74, 6) is 0.746. The van der Waals surface area contributed by atoms with Crippen molar-refractivity contribution < 1.29 is 9.59 Å². The number of nitrogens with one attached hydrogen (secondary N) is 1. The largest absolute Gasteiger partial charge is 0.326 e. The Morgan fingerprint density at radius 1 is 1.10 bits per heavy atom. The van der Waals surface area contributed by atoms with Crippen molar-refractivity contribution in [1.82, 2.24) is 4.90 Å². The minimum absolute atomic E-state index is 0.0230. The lowest BCUT2D eigenvalue weighted by atomic mass is 10.0. The highest BCUT2D eigenvalue weighted by Crippen LogP contribution is 2.31. The van der Waals surface area contributed by atoms with Crippen LogP contribution in [0.4, 0.5) is 16.2 Å². The molecule has 1 heterocycles. The van der Waals surface area contributed by atoms with Crippen LogP contribution < -0.4 is 10.2 Å². The average molecular weight is 392 g/mol. The van der Waals surface area contributed by atoms with Crippen LogP contribution in [0.2, 0.25) is 0 Å². The van der Waals surface area contributed by atoms with Gasteiger partial charge in [0.2, 0.25) is 5.91 Å². The van der Waals surface area contributed by atoms with Crippen molar-refractivity contribution >= 4 is 23.3 Å². The van der Waals surface area contributed by atoms with E-state index in [-0.39, 0.29) is 17.9 Å². The second kappa shape index (κ2) is 8.27. The fourth-order valence-electron chi connectivity index (χ4n) is 3.74. The van der Waals surface area contributed by atoms with E-state index in [1.54, 1.807) is 0 Å². The molecule has 5 nitrogen and oxygen atoms in total. The number of anilines is 2. The van der Waals surface area contributed by atoms with Crippen LogP contribution in [0.25, 0.3) is 0 Å². The molecule has 1 aliphatic carbocycles. The SMILES string of the molecule is CC(C)c1ccc(CN2CCCN(c3cccc(NC(=O)C4CC4)c3)C2=O)cc1. The van der Waals surface area contributed by atoms with Crippen LogP contribution in [0.5, 0.6) is 0 Å². The molecule has 2 fully saturated rings. The summed E-state index contributed by atoms with van der Waals surface area (Å²) in [5.41, 5.74) is 4.05. The Bertz CT molecular complexity index is 887. The van der Waals surface area contributed by atoms with E-state index in [0.29, 0.717) is 19.0 Å². The standard InChI is InChI=1S/C24H29N3O2/c1-17(2)19-9-7-18(8-10-19)16-26-13-4-14-27(24(26)29)22-6-3-5-21(15-22)25-23(28)20-11-12-20/h3,5-10,15,17,20H,4,11-14,16H2,1-2H3,(H,25,28). The Kier molecular flexibility index (Phi) is 5.56. The molecule has 1 N–H and O–H groups in total. The fraction of sp³-hybridized carbons (Fsp3) is 0.417. The molecule has 2 aromatic carbocycles. The van der Waals surface area contributed by atoms with Crippen molar-refractivity contribution in [1.29, 1.82) is 0 Å². The summed E-state index contributed by atoms with van der Waals surface area (Å²) in [6, 6.07) is 16.2. The number of hydrogen-bond acceptors (Lipinski definition) is 2. The molecule has 4 rings (SSSR count). The number of hydrogen-bond donors (Lipinski definition) is 1. The lowest BCUT2D eigenvalue weighted by molar-refractivity contribution is -0.117. The van der Waals surface area contributed by atoms with E-state index in [0.717, 1.165) is 42.7 Å². The lowest BCUT2D eigenvalue weighted by Gasteiger charge is -2.36. The molecule has 0 spiro atoms. The van der Waals surface area contributed by atoms with Crippen molar-refractivity contribution in [2.75, 3.05) is 23.3 Å². The topological polar surface area (TPSA) is 52.6 Å². The number of urea groups is 1. The number of nitrogens with zero attached hydrogens (tertiary/aromatic N) is 2. The van der Waals surface area contributed by atoms with Crippen molar-refractivity contribution in [2.24, 2.45) is 5.92 Å². The summed E-state index contributed by atoms with van der Waals surface area (Å²) >= 11 is 0. The van der Waals surface area contributed by atoms with Gasteiger partial charge in [-0.1, -0.05) is 44.2 Å². The molecular weight excluding hydrogens is 362 g/mol. The van der Waals surface area contributed by atoms with E-state index < -0.39 is 0 Å². The first-order valence-corrected chi connectivity index (χ1v) is 10.6. The van der Waals surface area contributed by atoms with Crippen molar-refractivity contribution in [2.45, 2.75) is 45.6 Å². The van der Waals surface area contributed by atoms with Gasteiger partial charge in [-0.15, -0.1) is 0 Å². The predicted octanol–water partition coefficient (Wildman–Crippen LogP) is 4.99. The monoisotopic (exact) mass is 391 g/mol. The van der Waals surface area contributed by atoms with E-state index in [4.69, 9.17) is 0 Å². The van der Waals surface area contributed by atoms with Crippen molar-refractivity contribution in [3.63, 3.8) is 0 Å². The van der Waals surface area contributed by atoms with Crippen LogP contribution in [0.3, 0.4) is 0 Å². The molecule has 1 saturated carbocycles. The number of carbonyl (C=O) groups is 2. The molecule has 152 valence electrons. The number of rotatable bonds is 6. The number of carbonyl (C=O) groups excluding carboxylic acids is 2. The number of benzene rings is 2.